The van der Waals surface area contributed by atoms with E-state index in [0.717, 1.165) is 5.56 Å². The summed E-state index contributed by atoms with van der Waals surface area (Å²) in [5.74, 6) is -0.474. The van der Waals surface area contributed by atoms with E-state index < -0.39 is 0 Å². The Morgan fingerprint density at radius 1 is 1.12 bits per heavy atom. The van der Waals surface area contributed by atoms with E-state index in [4.69, 9.17) is 0 Å². The lowest BCUT2D eigenvalue weighted by molar-refractivity contribution is -0.137. The Morgan fingerprint density at radius 2 is 1.59 bits per heavy atom. The molecule has 3 nitrogen and oxygen atoms in total. The molecule has 17 heavy (non-hydrogen) atoms. The second-order valence-corrected chi connectivity index (χ2v) is 3.24. The molecule has 0 aromatic heterocycles. The van der Waals surface area contributed by atoms with Gasteiger partial charge in [0.15, 0.2) is 0 Å². The van der Waals surface area contributed by atoms with Gasteiger partial charge < -0.3 is 0 Å². The number of carbonyl (C=O) groups excluding carboxylic acids is 2. The van der Waals surface area contributed by atoms with Crippen LogP contribution < -0.4 is 0 Å². The quantitative estimate of drug-likeness (QED) is 0.734. The number of hydrogen-bond donors (Lipinski definition) is 0. The minimum absolute atomic E-state index is 0.237. The Balaban J connectivity index is 0.000000437. The number of rotatable bonds is 2. The van der Waals surface area contributed by atoms with E-state index in [2.05, 4.69) is 6.58 Å². The predicted octanol–water partition coefficient (Wildman–Crippen LogP) is 2.21. The number of nitrogens with zero attached hydrogens (tertiary/aromatic N) is 1. The van der Waals surface area contributed by atoms with Crippen molar-refractivity contribution in [1.82, 2.24) is 4.90 Å². The highest BCUT2D eigenvalue weighted by molar-refractivity contribution is 6.12. The normalized spacial score (nSPS) is 13.4. The van der Waals surface area contributed by atoms with Gasteiger partial charge in [-0.15, -0.1) is 0 Å². The first-order valence-corrected chi connectivity index (χ1v) is 4.97. The number of carbonyl (C=O) groups is 2. The first-order chi connectivity index (χ1) is 8.19. The van der Waals surface area contributed by atoms with Crippen molar-refractivity contribution in [3.63, 3.8) is 0 Å². The SMILES string of the molecule is C=CF.O=C1C=CC(=O)N1Cc1ccccc1. The lowest BCUT2D eigenvalue weighted by atomic mass is 10.2. The van der Waals surface area contributed by atoms with Gasteiger partial charge in [0, 0.05) is 12.2 Å². The molecule has 1 aliphatic rings. The molecule has 0 aliphatic carbocycles. The lowest BCUT2D eigenvalue weighted by Crippen LogP contribution is -2.29. The molecule has 0 saturated carbocycles. The average molecular weight is 233 g/mol. The van der Waals surface area contributed by atoms with Crippen molar-refractivity contribution in [3.8, 4) is 0 Å². The third-order valence-electron chi connectivity index (χ3n) is 2.08. The van der Waals surface area contributed by atoms with Gasteiger partial charge in [-0.25, -0.2) is 4.39 Å². The molecule has 0 bridgehead atoms. The van der Waals surface area contributed by atoms with Gasteiger partial charge in [-0.3, -0.25) is 14.5 Å². The largest absolute Gasteiger partial charge is 0.271 e. The van der Waals surface area contributed by atoms with Gasteiger partial charge in [-0.2, -0.15) is 0 Å². The van der Waals surface area contributed by atoms with E-state index in [-0.39, 0.29) is 18.1 Å². The highest BCUT2D eigenvalue weighted by Gasteiger charge is 2.22. The van der Waals surface area contributed by atoms with Crippen molar-refractivity contribution < 1.29 is 14.0 Å². The molecule has 1 aromatic rings. The summed E-state index contributed by atoms with van der Waals surface area (Å²) in [5.41, 5.74) is 0.956. The lowest BCUT2D eigenvalue weighted by Gasteiger charge is -2.13. The van der Waals surface area contributed by atoms with Crippen LogP contribution in [0.1, 0.15) is 5.56 Å². The van der Waals surface area contributed by atoms with Gasteiger partial charge in [-0.05, 0) is 5.56 Å². The first kappa shape index (κ1) is 12.8. The summed E-state index contributed by atoms with van der Waals surface area (Å²) in [6.45, 7) is 3.05. The second-order valence-electron chi connectivity index (χ2n) is 3.24. The minimum atomic E-state index is -0.237. The van der Waals surface area contributed by atoms with Gasteiger partial charge in [0.05, 0.1) is 12.9 Å². The predicted molar refractivity (Wildman–Crippen MR) is 62.4 cm³/mol. The number of imide groups is 1. The Labute approximate surface area is 98.9 Å². The molecule has 0 atom stereocenters. The summed E-state index contributed by atoms with van der Waals surface area (Å²) < 4.78 is 10.1. The molecule has 88 valence electrons. The zero-order chi connectivity index (χ0) is 12.7. The molecule has 0 fully saturated rings. The molecule has 0 N–H and O–H groups in total. The molecule has 1 heterocycles. The fourth-order valence-electron chi connectivity index (χ4n) is 1.35. The smallest absolute Gasteiger partial charge is 0.253 e. The summed E-state index contributed by atoms with van der Waals surface area (Å²) in [4.78, 5) is 23.6. The van der Waals surface area contributed by atoms with E-state index in [1.165, 1.54) is 17.1 Å². The third-order valence-corrected chi connectivity index (χ3v) is 2.08. The van der Waals surface area contributed by atoms with Crippen LogP contribution >= 0.6 is 0 Å². The fourth-order valence-corrected chi connectivity index (χ4v) is 1.35. The van der Waals surface area contributed by atoms with E-state index in [0.29, 0.717) is 6.54 Å². The number of hydrogen-bond acceptors (Lipinski definition) is 2. The van der Waals surface area contributed by atoms with Crippen LogP contribution in [-0.2, 0) is 16.1 Å². The molecular formula is C13H12FNO2. The molecule has 0 saturated heterocycles. The highest BCUT2D eigenvalue weighted by atomic mass is 19.1. The molecule has 4 heteroatoms. The van der Waals surface area contributed by atoms with Crippen molar-refractivity contribution in [2.75, 3.05) is 0 Å². The van der Waals surface area contributed by atoms with E-state index >= 15 is 0 Å². The topological polar surface area (TPSA) is 37.4 Å². The second kappa shape index (κ2) is 6.37. The summed E-state index contributed by atoms with van der Waals surface area (Å²) >= 11 is 0. The molecule has 0 radical (unpaired) electrons. The van der Waals surface area contributed by atoms with Crippen molar-refractivity contribution in [1.29, 1.82) is 0 Å². The van der Waals surface area contributed by atoms with Gasteiger partial charge in [-0.1, -0.05) is 36.9 Å². The van der Waals surface area contributed by atoms with Crippen molar-refractivity contribution in [2.45, 2.75) is 6.54 Å². The van der Waals surface area contributed by atoms with Crippen LogP contribution in [0.3, 0.4) is 0 Å². The van der Waals surface area contributed by atoms with Crippen LogP contribution in [0.25, 0.3) is 0 Å². The molecule has 2 amide bonds. The molecule has 2 rings (SSSR count). The van der Waals surface area contributed by atoms with Crippen LogP contribution in [0.4, 0.5) is 4.39 Å². The average Bonchev–Trinajstić information content (AvgIpc) is 2.63. The van der Waals surface area contributed by atoms with Gasteiger partial charge in [0.2, 0.25) is 0 Å². The fraction of sp³-hybridized carbons (Fsp3) is 0.0769. The van der Waals surface area contributed by atoms with Gasteiger partial charge in [0.1, 0.15) is 0 Å². The van der Waals surface area contributed by atoms with E-state index in [1.54, 1.807) is 0 Å². The van der Waals surface area contributed by atoms with Gasteiger partial charge >= 0.3 is 0 Å². The third kappa shape index (κ3) is 3.68. The Bertz CT molecular complexity index is 422. The maximum atomic E-state index is 11.2. The van der Waals surface area contributed by atoms with Gasteiger partial charge in [0.25, 0.3) is 11.8 Å². The zero-order valence-electron chi connectivity index (χ0n) is 9.17. The number of halogens is 1. The van der Waals surface area contributed by atoms with E-state index in [9.17, 15) is 14.0 Å². The van der Waals surface area contributed by atoms with Crippen LogP contribution in [-0.4, -0.2) is 16.7 Å². The molecule has 0 spiro atoms. The standard InChI is InChI=1S/C11H9NO2.C2H3F/c13-10-6-7-11(14)12(10)8-9-4-2-1-3-5-9;1-2-3/h1-7H,8H2;2H,1H2. The summed E-state index contributed by atoms with van der Waals surface area (Å²) in [7, 11) is 0. The van der Waals surface area contributed by atoms with Crippen molar-refractivity contribution in [2.24, 2.45) is 0 Å². The minimum Gasteiger partial charge on any atom is -0.271 e. The zero-order valence-corrected chi connectivity index (χ0v) is 9.17. The molecule has 0 unspecified atom stereocenters. The summed E-state index contributed by atoms with van der Waals surface area (Å²) in [6.07, 6.45) is 2.84. The van der Waals surface area contributed by atoms with E-state index in [1.807, 2.05) is 30.3 Å². The number of amides is 2. The summed E-state index contributed by atoms with van der Waals surface area (Å²) in [6, 6.07) is 9.44. The molecule has 1 aromatic carbocycles. The Hall–Kier alpha value is -2.23. The number of benzene rings is 1. The van der Waals surface area contributed by atoms with Crippen molar-refractivity contribution in [3.05, 3.63) is 61.0 Å². The van der Waals surface area contributed by atoms with Crippen LogP contribution in [0.5, 0.6) is 0 Å². The maximum Gasteiger partial charge on any atom is 0.253 e. The monoisotopic (exact) mass is 233 g/mol. The van der Waals surface area contributed by atoms with Crippen molar-refractivity contribution >= 4 is 11.8 Å². The summed E-state index contributed by atoms with van der Waals surface area (Å²) in [5, 5.41) is 0. The van der Waals surface area contributed by atoms with Crippen LogP contribution in [0, 0.1) is 0 Å². The first-order valence-electron chi connectivity index (χ1n) is 4.97. The maximum absolute atomic E-state index is 11.2. The van der Waals surface area contributed by atoms with Crippen LogP contribution in [0.15, 0.2) is 55.4 Å². The Morgan fingerprint density at radius 3 is 2.06 bits per heavy atom. The molecular weight excluding hydrogens is 221 g/mol. The highest BCUT2D eigenvalue weighted by Crippen LogP contribution is 2.09. The Kier molecular flexibility index (Phi) is 4.81. The van der Waals surface area contributed by atoms with Crippen LogP contribution in [0.2, 0.25) is 0 Å². The molecule has 1 aliphatic heterocycles.